The number of carbonyl (C=O) groups is 1. The Hall–Kier alpha value is -0.460. The zero-order valence-corrected chi connectivity index (χ0v) is 17.5. The molecule has 1 N–H and O–H groups in total. The van der Waals surface area contributed by atoms with Crippen molar-refractivity contribution in [2.75, 3.05) is 13.1 Å². The number of carbonyl (C=O) groups excluding carboxylic acids is 1. The maximum Gasteiger partial charge on any atom is 0.410 e. The molecule has 4 atom stereocenters. The van der Waals surface area contributed by atoms with E-state index in [1.807, 2.05) is 46.4 Å². The molecule has 0 aromatic rings. The van der Waals surface area contributed by atoms with Gasteiger partial charge in [-0.2, -0.15) is 0 Å². The van der Waals surface area contributed by atoms with Crippen molar-refractivity contribution in [1.29, 1.82) is 0 Å². The quantitative estimate of drug-likeness (QED) is 0.776. The first-order valence-corrected chi connectivity index (χ1v) is 10.2. The Labute approximate surface area is 151 Å². The number of hydrogen-bond donors (Lipinski definition) is 1. The van der Waals surface area contributed by atoms with E-state index in [1.54, 1.807) is 0 Å². The van der Waals surface area contributed by atoms with Gasteiger partial charge in [0.15, 0.2) is 0 Å². The van der Waals surface area contributed by atoms with Crippen LogP contribution in [0, 0.1) is 11.8 Å². The van der Waals surface area contributed by atoms with Crippen LogP contribution in [0.5, 0.6) is 0 Å². The number of amides is 1. The topological polar surface area (TPSA) is 64.6 Å². The van der Waals surface area contributed by atoms with Gasteiger partial charge in [0.05, 0.1) is 6.04 Å². The highest BCUT2D eigenvalue weighted by atomic mass is 32.2. The monoisotopic (exact) mass is 360 g/mol. The Morgan fingerprint density at radius 1 is 1.33 bits per heavy atom. The third-order valence-electron chi connectivity index (χ3n) is 4.46. The SMILES string of the molecule is CC[C@@H]1CN(C(=O)OC(C)(C)C)CC[C@@H]1[C@H](C)N[S+]([O-])C(C)(C)C. The molecule has 1 aliphatic heterocycles. The molecule has 5 nitrogen and oxygen atoms in total. The van der Waals surface area contributed by atoms with E-state index in [0.29, 0.717) is 24.9 Å². The minimum Gasteiger partial charge on any atom is -0.598 e. The van der Waals surface area contributed by atoms with Gasteiger partial charge in [-0.15, -0.1) is 4.72 Å². The van der Waals surface area contributed by atoms with Crippen LogP contribution < -0.4 is 4.72 Å². The summed E-state index contributed by atoms with van der Waals surface area (Å²) in [6.07, 6.45) is 1.68. The Morgan fingerprint density at radius 3 is 2.38 bits per heavy atom. The molecule has 0 aromatic carbocycles. The van der Waals surface area contributed by atoms with Crippen LogP contribution in [-0.4, -0.2) is 45.0 Å². The van der Waals surface area contributed by atoms with Gasteiger partial charge < -0.3 is 14.2 Å². The average Bonchev–Trinajstić information content (AvgIpc) is 2.43. The molecular weight excluding hydrogens is 324 g/mol. The van der Waals surface area contributed by atoms with Crippen LogP contribution in [0.1, 0.15) is 68.2 Å². The molecule has 142 valence electrons. The molecule has 1 saturated heterocycles. The first kappa shape index (κ1) is 21.6. The Bertz CT molecular complexity index is 417. The second-order valence-electron chi connectivity index (χ2n) is 8.83. The van der Waals surface area contributed by atoms with Crippen LogP contribution in [0.15, 0.2) is 0 Å². The molecule has 0 spiro atoms. The van der Waals surface area contributed by atoms with E-state index in [-0.39, 0.29) is 16.9 Å². The van der Waals surface area contributed by atoms with Gasteiger partial charge >= 0.3 is 6.09 Å². The van der Waals surface area contributed by atoms with Crippen LogP contribution in [0.2, 0.25) is 0 Å². The van der Waals surface area contributed by atoms with Crippen LogP contribution in [0.4, 0.5) is 4.79 Å². The lowest BCUT2D eigenvalue weighted by Gasteiger charge is -2.41. The molecule has 0 bridgehead atoms. The summed E-state index contributed by atoms with van der Waals surface area (Å²) in [5, 5.41) is 0. The molecule has 1 amide bonds. The lowest BCUT2D eigenvalue weighted by atomic mass is 9.80. The predicted octanol–water partition coefficient (Wildman–Crippen LogP) is 3.71. The van der Waals surface area contributed by atoms with Crippen LogP contribution >= 0.6 is 0 Å². The maximum absolute atomic E-state index is 12.4. The van der Waals surface area contributed by atoms with Gasteiger partial charge in [0, 0.05) is 24.5 Å². The van der Waals surface area contributed by atoms with Crippen molar-refractivity contribution in [2.24, 2.45) is 11.8 Å². The lowest BCUT2D eigenvalue weighted by molar-refractivity contribution is 0.00777. The minimum atomic E-state index is -1.07. The van der Waals surface area contributed by atoms with Gasteiger partial charge in [0.25, 0.3) is 0 Å². The number of nitrogens with one attached hydrogen (secondary N) is 1. The highest BCUT2D eigenvalue weighted by molar-refractivity contribution is 7.90. The summed E-state index contributed by atoms with van der Waals surface area (Å²) in [7, 11) is 0. The molecule has 1 unspecified atom stereocenters. The Balaban J connectivity index is 2.66. The number of ether oxygens (including phenoxy) is 1. The normalized spacial score (nSPS) is 25.3. The first-order valence-electron chi connectivity index (χ1n) is 9.01. The smallest absolute Gasteiger partial charge is 0.410 e. The summed E-state index contributed by atoms with van der Waals surface area (Å²) in [5.74, 6) is 0.811. The molecule has 24 heavy (non-hydrogen) atoms. The Kier molecular flexibility index (Phi) is 7.45. The van der Waals surface area contributed by atoms with E-state index in [0.717, 1.165) is 12.8 Å². The minimum absolute atomic E-state index is 0.163. The summed E-state index contributed by atoms with van der Waals surface area (Å²) in [5.41, 5.74) is -0.464. The third kappa shape index (κ3) is 6.45. The first-order chi connectivity index (χ1) is 10.8. The molecule has 1 rings (SSSR count). The van der Waals surface area contributed by atoms with Gasteiger partial charge in [0.1, 0.15) is 10.3 Å². The summed E-state index contributed by atoms with van der Waals surface area (Å²) < 4.78 is 20.9. The van der Waals surface area contributed by atoms with E-state index in [2.05, 4.69) is 18.6 Å². The number of likely N-dealkylation sites (tertiary alicyclic amines) is 1. The van der Waals surface area contributed by atoms with Crippen molar-refractivity contribution in [1.82, 2.24) is 9.62 Å². The van der Waals surface area contributed by atoms with Gasteiger partial charge in [0.2, 0.25) is 0 Å². The summed E-state index contributed by atoms with van der Waals surface area (Å²) >= 11 is -1.07. The van der Waals surface area contributed by atoms with E-state index in [1.165, 1.54) is 0 Å². The lowest BCUT2D eigenvalue weighted by Crippen LogP contribution is -2.53. The van der Waals surface area contributed by atoms with Crippen molar-refractivity contribution in [3.8, 4) is 0 Å². The number of piperidine rings is 1. The van der Waals surface area contributed by atoms with Gasteiger partial charge in [-0.3, -0.25) is 0 Å². The summed E-state index contributed by atoms with van der Waals surface area (Å²) in [6, 6.07) is 0.163. The van der Waals surface area contributed by atoms with E-state index < -0.39 is 17.0 Å². The fourth-order valence-corrected chi connectivity index (χ4v) is 3.93. The molecule has 1 aliphatic rings. The number of rotatable bonds is 4. The van der Waals surface area contributed by atoms with E-state index >= 15 is 0 Å². The van der Waals surface area contributed by atoms with Crippen molar-refractivity contribution in [2.45, 2.75) is 84.6 Å². The van der Waals surface area contributed by atoms with Crippen molar-refractivity contribution in [3.05, 3.63) is 0 Å². The van der Waals surface area contributed by atoms with E-state index in [4.69, 9.17) is 4.74 Å². The second-order valence-corrected chi connectivity index (χ2v) is 10.8. The molecular formula is C18H36N2O3S. The van der Waals surface area contributed by atoms with Crippen LogP contribution in [-0.2, 0) is 16.1 Å². The van der Waals surface area contributed by atoms with Gasteiger partial charge in [-0.05, 0) is 66.7 Å². The predicted molar refractivity (Wildman–Crippen MR) is 100 cm³/mol. The second kappa shape index (κ2) is 8.28. The van der Waals surface area contributed by atoms with Crippen LogP contribution in [0.25, 0.3) is 0 Å². The fourth-order valence-electron chi connectivity index (χ4n) is 3.07. The van der Waals surface area contributed by atoms with Crippen molar-refractivity contribution in [3.63, 3.8) is 0 Å². The highest BCUT2D eigenvalue weighted by Gasteiger charge is 2.38. The molecule has 1 fully saturated rings. The molecule has 0 saturated carbocycles. The zero-order chi connectivity index (χ0) is 18.7. The number of hydrogen-bond acceptors (Lipinski definition) is 4. The average molecular weight is 361 g/mol. The summed E-state index contributed by atoms with van der Waals surface area (Å²) in [6.45, 7) is 17.3. The zero-order valence-electron chi connectivity index (χ0n) is 16.6. The largest absolute Gasteiger partial charge is 0.598 e. The standard InChI is InChI=1S/C18H36N2O3S/c1-9-14-12-20(16(21)23-17(3,4)5)11-10-15(14)13(2)19-24(22)18(6,7)8/h13-15,19H,9-12H2,1-8H3/t13-,14+,15+,24?/m0/s1. The van der Waals surface area contributed by atoms with Crippen LogP contribution in [0.3, 0.4) is 0 Å². The molecule has 0 aromatic heterocycles. The van der Waals surface area contributed by atoms with Crippen molar-refractivity contribution >= 4 is 17.5 Å². The molecule has 0 aliphatic carbocycles. The number of nitrogens with zero attached hydrogens (tertiary/aromatic N) is 1. The summed E-state index contributed by atoms with van der Waals surface area (Å²) in [4.78, 5) is 14.1. The third-order valence-corrected chi connectivity index (χ3v) is 6.16. The fraction of sp³-hybridized carbons (Fsp3) is 0.944. The van der Waals surface area contributed by atoms with E-state index in [9.17, 15) is 9.35 Å². The Morgan fingerprint density at radius 2 is 1.92 bits per heavy atom. The molecule has 1 heterocycles. The van der Waals surface area contributed by atoms with Gasteiger partial charge in [-0.1, -0.05) is 13.3 Å². The molecule has 0 radical (unpaired) electrons. The van der Waals surface area contributed by atoms with Crippen molar-refractivity contribution < 1.29 is 14.1 Å². The maximum atomic E-state index is 12.4. The molecule has 6 heteroatoms. The highest BCUT2D eigenvalue weighted by Crippen LogP contribution is 2.31. The van der Waals surface area contributed by atoms with Gasteiger partial charge in [-0.25, -0.2) is 4.79 Å².